The molecule has 2 aromatic rings. The summed E-state index contributed by atoms with van der Waals surface area (Å²) in [6.07, 6.45) is 5.63. The zero-order valence-corrected chi connectivity index (χ0v) is 12.4. The average Bonchev–Trinajstić information content (AvgIpc) is 3.15. The third kappa shape index (κ3) is 2.13. The number of imidazole rings is 1. The van der Waals surface area contributed by atoms with Crippen LogP contribution in [0.2, 0.25) is 0 Å². The maximum absolute atomic E-state index is 4.93. The Hall–Kier alpha value is -1.07. The Morgan fingerprint density at radius 1 is 1.35 bits per heavy atom. The number of aromatic nitrogens is 3. The van der Waals surface area contributed by atoms with Gasteiger partial charge in [0.25, 0.3) is 0 Å². The largest absolute Gasteiger partial charge is 0.315 e. The van der Waals surface area contributed by atoms with E-state index in [0.717, 1.165) is 24.3 Å². The number of rotatable bonds is 2. The Labute approximate surface area is 123 Å². The predicted octanol–water partition coefficient (Wildman–Crippen LogP) is 2.58. The number of hydrogen-bond acceptors (Lipinski definition) is 4. The number of fused-ring (bicyclic) bond motifs is 1. The molecule has 0 bridgehead atoms. The minimum Gasteiger partial charge on any atom is -0.315 e. The van der Waals surface area contributed by atoms with E-state index >= 15 is 0 Å². The first-order valence-electron chi connectivity index (χ1n) is 7.55. The summed E-state index contributed by atoms with van der Waals surface area (Å²) in [4.78, 5) is 9.54. The molecule has 0 saturated carbocycles. The van der Waals surface area contributed by atoms with Crippen molar-refractivity contribution >= 4 is 22.9 Å². The van der Waals surface area contributed by atoms with Crippen LogP contribution < -0.4 is 5.32 Å². The van der Waals surface area contributed by atoms with Crippen LogP contribution >= 0.6 is 11.8 Å². The molecule has 4 heterocycles. The Morgan fingerprint density at radius 3 is 3.15 bits per heavy atom. The van der Waals surface area contributed by atoms with Crippen molar-refractivity contribution in [3.8, 4) is 0 Å². The van der Waals surface area contributed by atoms with E-state index < -0.39 is 0 Å². The van der Waals surface area contributed by atoms with Gasteiger partial charge >= 0.3 is 0 Å². The zero-order chi connectivity index (χ0) is 13.4. The fourth-order valence-electron chi connectivity index (χ4n) is 3.39. The molecule has 1 N–H and O–H groups in total. The Bertz CT molecular complexity index is 597. The summed E-state index contributed by atoms with van der Waals surface area (Å²) in [6.45, 7) is 2.19. The van der Waals surface area contributed by atoms with E-state index in [1.54, 1.807) is 0 Å². The second-order valence-corrected chi connectivity index (χ2v) is 6.90. The molecule has 0 radical (unpaired) electrons. The van der Waals surface area contributed by atoms with E-state index in [4.69, 9.17) is 4.98 Å². The first kappa shape index (κ1) is 12.7. The van der Waals surface area contributed by atoms with Crippen LogP contribution in [0.3, 0.4) is 0 Å². The van der Waals surface area contributed by atoms with Gasteiger partial charge in [-0.05, 0) is 43.7 Å². The van der Waals surface area contributed by atoms with Gasteiger partial charge in [0.05, 0.1) is 0 Å². The second kappa shape index (κ2) is 5.37. The summed E-state index contributed by atoms with van der Waals surface area (Å²) >= 11 is 2.05. The van der Waals surface area contributed by atoms with Gasteiger partial charge < -0.3 is 9.88 Å². The van der Waals surface area contributed by atoms with Crippen LogP contribution in [0.5, 0.6) is 0 Å². The molecule has 2 aliphatic rings. The van der Waals surface area contributed by atoms with Crippen molar-refractivity contribution in [1.29, 1.82) is 0 Å². The third-order valence-electron chi connectivity index (χ3n) is 4.41. The predicted molar refractivity (Wildman–Crippen MR) is 83.4 cm³/mol. The monoisotopic (exact) mass is 288 g/mol. The lowest BCUT2D eigenvalue weighted by Crippen LogP contribution is -2.32. The SMILES string of the molecule is c1cnc2c(c1)nc(C1CCSC1)n2C1CCCNC1. The van der Waals surface area contributed by atoms with E-state index in [9.17, 15) is 0 Å². The smallest absolute Gasteiger partial charge is 0.160 e. The molecule has 2 aromatic heterocycles. The fourth-order valence-corrected chi connectivity index (χ4v) is 4.61. The Kier molecular flexibility index (Phi) is 3.40. The van der Waals surface area contributed by atoms with Gasteiger partial charge in [-0.2, -0.15) is 11.8 Å². The summed E-state index contributed by atoms with van der Waals surface area (Å²) < 4.78 is 2.44. The second-order valence-electron chi connectivity index (χ2n) is 5.75. The van der Waals surface area contributed by atoms with Gasteiger partial charge in [-0.25, -0.2) is 9.97 Å². The van der Waals surface area contributed by atoms with Gasteiger partial charge in [-0.3, -0.25) is 0 Å². The lowest BCUT2D eigenvalue weighted by Gasteiger charge is -2.27. The Morgan fingerprint density at radius 2 is 2.35 bits per heavy atom. The molecule has 0 amide bonds. The van der Waals surface area contributed by atoms with Crippen molar-refractivity contribution in [3.05, 3.63) is 24.2 Å². The van der Waals surface area contributed by atoms with Gasteiger partial charge in [-0.1, -0.05) is 0 Å². The van der Waals surface area contributed by atoms with Gasteiger partial charge in [0, 0.05) is 30.5 Å². The minimum absolute atomic E-state index is 0.518. The van der Waals surface area contributed by atoms with Crippen LogP contribution in [0.4, 0.5) is 0 Å². The molecular formula is C15H20N4S. The molecule has 2 atom stereocenters. The number of thioether (sulfide) groups is 1. The quantitative estimate of drug-likeness (QED) is 0.922. The molecule has 0 aliphatic carbocycles. The van der Waals surface area contributed by atoms with Crippen molar-refractivity contribution in [3.63, 3.8) is 0 Å². The molecular weight excluding hydrogens is 268 g/mol. The van der Waals surface area contributed by atoms with Crippen LogP contribution in [-0.2, 0) is 0 Å². The number of nitrogens with zero attached hydrogens (tertiary/aromatic N) is 3. The first-order chi connectivity index (χ1) is 9.93. The van der Waals surface area contributed by atoms with Crippen LogP contribution in [0, 0.1) is 0 Å². The van der Waals surface area contributed by atoms with E-state index in [-0.39, 0.29) is 0 Å². The van der Waals surface area contributed by atoms with Gasteiger partial charge in [0.15, 0.2) is 5.65 Å². The molecule has 2 aliphatic heterocycles. The van der Waals surface area contributed by atoms with Crippen LogP contribution in [0.25, 0.3) is 11.2 Å². The summed E-state index contributed by atoms with van der Waals surface area (Å²) in [5.74, 6) is 4.36. The summed E-state index contributed by atoms with van der Waals surface area (Å²) in [6, 6.07) is 4.61. The highest BCUT2D eigenvalue weighted by molar-refractivity contribution is 7.99. The van der Waals surface area contributed by atoms with E-state index in [2.05, 4.69) is 32.7 Å². The molecule has 4 rings (SSSR count). The number of hydrogen-bond donors (Lipinski definition) is 1. The normalized spacial score (nSPS) is 27.2. The first-order valence-corrected chi connectivity index (χ1v) is 8.70. The van der Waals surface area contributed by atoms with Gasteiger partial charge in [-0.15, -0.1) is 0 Å². The van der Waals surface area contributed by atoms with Crippen molar-refractivity contribution in [2.45, 2.75) is 31.2 Å². The highest BCUT2D eigenvalue weighted by Gasteiger charge is 2.28. The van der Waals surface area contributed by atoms with E-state index in [1.165, 1.54) is 36.6 Å². The zero-order valence-electron chi connectivity index (χ0n) is 11.6. The maximum atomic E-state index is 4.93. The highest BCUT2D eigenvalue weighted by Crippen LogP contribution is 2.35. The van der Waals surface area contributed by atoms with Crippen LogP contribution in [0.15, 0.2) is 18.3 Å². The van der Waals surface area contributed by atoms with E-state index in [1.807, 2.05) is 12.3 Å². The summed E-state index contributed by atoms with van der Waals surface area (Å²) in [5, 5.41) is 3.52. The molecule has 20 heavy (non-hydrogen) atoms. The maximum Gasteiger partial charge on any atom is 0.160 e. The molecule has 106 valence electrons. The molecule has 2 fully saturated rings. The molecule has 2 saturated heterocycles. The molecule has 2 unspecified atom stereocenters. The van der Waals surface area contributed by atoms with Crippen LogP contribution in [0.1, 0.15) is 37.0 Å². The average molecular weight is 288 g/mol. The molecule has 4 nitrogen and oxygen atoms in total. The Balaban J connectivity index is 1.83. The molecule has 5 heteroatoms. The molecule has 0 spiro atoms. The standard InChI is InChI=1S/C15H20N4S/c1-3-12(9-16-6-1)19-14(11-5-8-20-10-11)18-13-4-2-7-17-15(13)19/h2,4,7,11-12,16H,1,3,5-6,8-10H2. The van der Waals surface area contributed by atoms with E-state index in [0.29, 0.717) is 12.0 Å². The van der Waals surface area contributed by atoms with Crippen molar-refractivity contribution < 1.29 is 0 Å². The summed E-state index contributed by atoms with van der Waals surface area (Å²) in [7, 11) is 0. The number of pyridine rings is 1. The summed E-state index contributed by atoms with van der Waals surface area (Å²) in [5.41, 5.74) is 2.14. The number of nitrogens with one attached hydrogen (secondary N) is 1. The lowest BCUT2D eigenvalue weighted by atomic mass is 10.0. The van der Waals surface area contributed by atoms with Crippen molar-refractivity contribution in [1.82, 2.24) is 19.9 Å². The van der Waals surface area contributed by atoms with Gasteiger partial charge in [0.1, 0.15) is 11.3 Å². The van der Waals surface area contributed by atoms with Crippen LogP contribution in [-0.4, -0.2) is 39.1 Å². The van der Waals surface area contributed by atoms with Crippen molar-refractivity contribution in [2.75, 3.05) is 24.6 Å². The number of piperidine rings is 1. The topological polar surface area (TPSA) is 42.7 Å². The fraction of sp³-hybridized carbons (Fsp3) is 0.600. The third-order valence-corrected chi connectivity index (χ3v) is 5.57. The molecule has 0 aromatic carbocycles. The lowest BCUT2D eigenvalue weighted by molar-refractivity contribution is 0.364. The highest BCUT2D eigenvalue weighted by atomic mass is 32.2. The minimum atomic E-state index is 0.518. The van der Waals surface area contributed by atoms with Crippen molar-refractivity contribution in [2.24, 2.45) is 0 Å². The van der Waals surface area contributed by atoms with Gasteiger partial charge in [0.2, 0.25) is 0 Å².